The van der Waals surface area contributed by atoms with Gasteiger partial charge in [-0.2, -0.15) is 0 Å². The standard InChI is InChI=1S/C13H31N7O.2C2H6/c1-13(2,10-21-3)20(8-4-6-18-11(14)15)9-5-7-19-12(16)17;2*1-2/h4-10H2,1-3H3,(H4,14,15,18)(H4,16,17,19);2*1-2H3. The minimum Gasteiger partial charge on any atom is -0.383 e. The Morgan fingerprint density at radius 1 is 0.840 bits per heavy atom. The molecule has 0 heterocycles. The SMILES string of the molecule is CC.CC.COCC(C)(C)N(CCCN=C(N)N)CCCN=C(N)N. The Hall–Kier alpha value is -1.54. The van der Waals surface area contributed by atoms with E-state index in [9.17, 15) is 0 Å². The van der Waals surface area contributed by atoms with Crippen molar-refractivity contribution in [2.24, 2.45) is 32.9 Å². The summed E-state index contributed by atoms with van der Waals surface area (Å²) < 4.78 is 5.30. The number of nitrogens with two attached hydrogens (primary N) is 4. The van der Waals surface area contributed by atoms with Crippen molar-refractivity contribution < 1.29 is 4.74 Å². The smallest absolute Gasteiger partial charge is 0.185 e. The van der Waals surface area contributed by atoms with Gasteiger partial charge in [0, 0.05) is 38.8 Å². The molecule has 0 aliphatic heterocycles. The van der Waals surface area contributed by atoms with E-state index in [-0.39, 0.29) is 17.5 Å². The summed E-state index contributed by atoms with van der Waals surface area (Å²) in [7, 11) is 1.71. The van der Waals surface area contributed by atoms with E-state index >= 15 is 0 Å². The van der Waals surface area contributed by atoms with Gasteiger partial charge in [0.15, 0.2) is 11.9 Å². The van der Waals surface area contributed by atoms with Crippen LogP contribution in [0.2, 0.25) is 0 Å². The van der Waals surface area contributed by atoms with Crippen molar-refractivity contribution in [1.29, 1.82) is 0 Å². The number of aliphatic imine (C=N–C) groups is 2. The first-order valence-electron chi connectivity index (χ1n) is 9.14. The Morgan fingerprint density at radius 2 is 1.20 bits per heavy atom. The highest BCUT2D eigenvalue weighted by molar-refractivity contribution is 5.75. The molecule has 0 radical (unpaired) electrons. The van der Waals surface area contributed by atoms with Crippen LogP contribution < -0.4 is 22.9 Å². The topological polar surface area (TPSA) is 141 Å². The molecule has 0 saturated carbocycles. The summed E-state index contributed by atoms with van der Waals surface area (Å²) in [6.45, 7) is 16.0. The number of nitrogens with zero attached hydrogens (tertiary/aromatic N) is 3. The van der Waals surface area contributed by atoms with Gasteiger partial charge in [-0.3, -0.25) is 14.9 Å². The molecule has 0 unspecified atom stereocenters. The molecule has 8 heteroatoms. The lowest BCUT2D eigenvalue weighted by Gasteiger charge is -2.38. The molecule has 0 atom stereocenters. The van der Waals surface area contributed by atoms with Crippen LogP contribution in [0, 0.1) is 0 Å². The number of methoxy groups -OCH3 is 1. The summed E-state index contributed by atoms with van der Waals surface area (Å²) in [6, 6.07) is 0. The minimum absolute atomic E-state index is 0.0648. The van der Waals surface area contributed by atoms with Crippen LogP contribution in [0.5, 0.6) is 0 Å². The fraction of sp³-hybridized carbons (Fsp3) is 0.882. The first kappa shape index (κ1) is 28.3. The van der Waals surface area contributed by atoms with Crippen molar-refractivity contribution in [1.82, 2.24) is 4.90 Å². The molecule has 25 heavy (non-hydrogen) atoms. The van der Waals surface area contributed by atoms with Gasteiger partial charge in [0.2, 0.25) is 0 Å². The van der Waals surface area contributed by atoms with Crippen molar-refractivity contribution in [3.63, 3.8) is 0 Å². The second kappa shape index (κ2) is 18.8. The average molecular weight is 362 g/mol. The first-order valence-corrected chi connectivity index (χ1v) is 9.14. The van der Waals surface area contributed by atoms with Crippen LogP contribution in [0.4, 0.5) is 0 Å². The third-order valence-corrected chi connectivity index (χ3v) is 3.11. The molecular weight excluding hydrogens is 318 g/mol. The Labute approximate surface area is 155 Å². The minimum atomic E-state index is -0.0648. The maximum atomic E-state index is 5.33. The number of hydrogen-bond donors (Lipinski definition) is 4. The Morgan fingerprint density at radius 3 is 1.48 bits per heavy atom. The van der Waals surface area contributed by atoms with Crippen LogP contribution in [0.3, 0.4) is 0 Å². The summed E-state index contributed by atoms with van der Waals surface area (Å²) in [4.78, 5) is 10.4. The normalized spacial score (nSPS) is 10.1. The molecule has 0 spiro atoms. The zero-order valence-electron chi connectivity index (χ0n) is 17.5. The Bertz CT molecular complexity index is 312. The predicted molar refractivity (Wildman–Crippen MR) is 111 cm³/mol. The second-order valence-corrected chi connectivity index (χ2v) is 5.55. The summed E-state index contributed by atoms with van der Waals surface area (Å²) in [5, 5.41) is 0. The molecule has 152 valence electrons. The summed E-state index contributed by atoms with van der Waals surface area (Å²) >= 11 is 0. The molecule has 0 amide bonds. The van der Waals surface area contributed by atoms with Crippen LogP contribution in [0.1, 0.15) is 54.4 Å². The predicted octanol–water partition coefficient (Wildman–Crippen LogP) is 1.09. The zero-order valence-corrected chi connectivity index (χ0v) is 17.5. The summed E-state index contributed by atoms with van der Waals surface area (Å²) in [5.74, 6) is 0.260. The van der Waals surface area contributed by atoms with Gasteiger partial charge in [0.05, 0.1) is 6.61 Å². The van der Waals surface area contributed by atoms with Crippen LogP contribution in [0.15, 0.2) is 9.98 Å². The average Bonchev–Trinajstić information content (AvgIpc) is 2.56. The van der Waals surface area contributed by atoms with E-state index in [0.717, 1.165) is 25.9 Å². The maximum absolute atomic E-state index is 5.33. The lowest BCUT2D eigenvalue weighted by molar-refractivity contribution is 0.0327. The van der Waals surface area contributed by atoms with E-state index in [1.54, 1.807) is 7.11 Å². The van der Waals surface area contributed by atoms with E-state index in [1.807, 2.05) is 27.7 Å². The molecule has 0 aliphatic rings. The van der Waals surface area contributed by atoms with E-state index in [0.29, 0.717) is 19.7 Å². The lowest BCUT2D eigenvalue weighted by atomic mass is 10.0. The summed E-state index contributed by atoms with van der Waals surface area (Å²) in [6.07, 6.45) is 1.76. The first-order chi connectivity index (χ1) is 11.8. The summed E-state index contributed by atoms with van der Waals surface area (Å²) in [5.41, 5.74) is 21.2. The molecule has 0 aromatic rings. The molecule has 8 N–H and O–H groups in total. The van der Waals surface area contributed by atoms with Gasteiger partial charge in [-0.05, 0) is 26.7 Å². The van der Waals surface area contributed by atoms with Gasteiger partial charge in [-0.15, -0.1) is 0 Å². The molecule has 0 aliphatic carbocycles. The number of hydrogen-bond acceptors (Lipinski definition) is 4. The van der Waals surface area contributed by atoms with Crippen molar-refractivity contribution in [2.75, 3.05) is 39.9 Å². The van der Waals surface area contributed by atoms with Gasteiger partial charge >= 0.3 is 0 Å². The Kier molecular flexibility index (Phi) is 21.3. The van der Waals surface area contributed by atoms with E-state index < -0.39 is 0 Å². The molecule has 0 bridgehead atoms. The fourth-order valence-corrected chi connectivity index (χ4v) is 2.10. The van der Waals surface area contributed by atoms with Crippen molar-refractivity contribution >= 4 is 11.9 Å². The molecule has 0 fully saturated rings. The highest BCUT2D eigenvalue weighted by atomic mass is 16.5. The van der Waals surface area contributed by atoms with Gasteiger partial charge in [0.25, 0.3) is 0 Å². The quantitative estimate of drug-likeness (QED) is 0.246. The lowest BCUT2D eigenvalue weighted by Crippen LogP contribution is -2.48. The number of guanidine groups is 2. The molecular formula is C17H43N7O. The van der Waals surface area contributed by atoms with E-state index in [1.165, 1.54) is 0 Å². The van der Waals surface area contributed by atoms with Crippen LogP contribution in [-0.4, -0.2) is 62.3 Å². The molecule has 0 saturated heterocycles. The highest BCUT2D eigenvalue weighted by Crippen LogP contribution is 2.16. The van der Waals surface area contributed by atoms with Crippen LogP contribution in [-0.2, 0) is 4.74 Å². The van der Waals surface area contributed by atoms with Crippen molar-refractivity contribution in [3.8, 4) is 0 Å². The van der Waals surface area contributed by atoms with Gasteiger partial charge in [-0.1, -0.05) is 27.7 Å². The maximum Gasteiger partial charge on any atom is 0.185 e. The highest BCUT2D eigenvalue weighted by Gasteiger charge is 2.25. The van der Waals surface area contributed by atoms with Gasteiger partial charge in [-0.25, -0.2) is 0 Å². The van der Waals surface area contributed by atoms with E-state index in [4.69, 9.17) is 27.7 Å². The monoisotopic (exact) mass is 361 g/mol. The number of rotatable bonds is 11. The van der Waals surface area contributed by atoms with E-state index in [2.05, 4.69) is 28.7 Å². The molecule has 0 aromatic carbocycles. The van der Waals surface area contributed by atoms with Gasteiger partial charge in [0.1, 0.15) is 0 Å². The van der Waals surface area contributed by atoms with Crippen LogP contribution in [0.25, 0.3) is 0 Å². The van der Waals surface area contributed by atoms with Gasteiger partial charge < -0.3 is 27.7 Å². The Balaban J connectivity index is -0.00000112. The van der Waals surface area contributed by atoms with Crippen molar-refractivity contribution in [3.05, 3.63) is 0 Å². The third kappa shape index (κ3) is 18.6. The fourth-order valence-electron chi connectivity index (χ4n) is 2.10. The largest absolute Gasteiger partial charge is 0.383 e. The molecule has 8 nitrogen and oxygen atoms in total. The third-order valence-electron chi connectivity index (χ3n) is 3.11. The molecule has 0 aromatic heterocycles. The van der Waals surface area contributed by atoms with Crippen molar-refractivity contribution in [2.45, 2.75) is 59.9 Å². The second-order valence-electron chi connectivity index (χ2n) is 5.55. The zero-order chi connectivity index (χ0) is 20.3. The van der Waals surface area contributed by atoms with Crippen LogP contribution >= 0.6 is 0 Å². The number of ether oxygens (including phenoxy) is 1. The molecule has 0 rings (SSSR count).